The summed E-state index contributed by atoms with van der Waals surface area (Å²) in [7, 11) is 0. The highest BCUT2D eigenvalue weighted by atomic mass is 32.2. The highest BCUT2D eigenvalue weighted by molar-refractivity contribution is 7.98. The van der Waals surface area contributed by atoms with Crippen molar-refractivity contribution in [2.24, 2.45) is 5.92 Å². The van der Waals surface area contributed by atoms with E-state index in [2.05, 4.69) is 64.5 Å². The lowest BCUT2D eigenvalue weighted by molar-refractivity contribution is -0.0796. The van der Waals surface area contributed by atoms with Crippen molar-refractivity contribution < 1.29 is 4.74 Å². The largest absolute Gasteiger partial charge is 0.357 e. The summed E-state index contributed by atoms with van der Waals surface area (Å²) in [6, 6.07) is 7.38. The Kier molecular flexibility index (Phi) is 7.43. The van der Waals surface area contributed by atoms with Crippen LogP contribution in [0.15, 0.2) is 18.2 Å². The third-order valence-electron chi connectivity index (χ3n) is 7.98. The van der Waals surface area contributed by atoms with Crippen molar-refractivity contribution >= 4 is 11.9 Å². The van der Waals surface area contributed by atoms with E-state index in [-0.39, 0.29) is 24.7 Å². The number of rotatable bonds is 2. The number of nitrogens with zero attached hydrogens (tertiary/aromatic N) is 1. The SMILES string of the molecule is CCN1CC2CCCC(C2)SNC2NC(CC(c3c(C)cccc3C)N2)O[C@@H]2CNC[C@H]21. The first-order valence-electron chi connectivity index (χ1n) is 12.7. The summed E-state index contributed by atoms with van der Waals surface area (Å²) in [6.07, 6.45) is 6.61. The van der Waals surface area contributed by atoms with E-state index >= 15 is 0 Å². The molecule has 32 heavy (non-hydrogen) atoms. The Bertz CT molecular complexity index is 758. The van der Waals surface area contributed by atoms with E-state index < -0.39 is 0 Å². The van der Waals surface area contributed by atoms with Crippen LogP contribution >= 0.6 is 11.9 Å². The Morgan fingerprint density at radius 2 is 1.94 bits per heavy atom. The van der Waals surface area contributed by atoms with Gasteiger partial charge in [0.2, 0.25) is 0 Å². The van der Waals surface area contributed by atoms with E-state index in [1.165, 1.54) is 48.9 Å². The van der Waals surface area contributed by atoms with Crippen molar-refractivity contribution in [2.45, 2.75) is 88.8 Å². The van der Waals surface area contributed by atoms with Crippen molar-refractivity contribution in [1.29, 1.82) is 0 Å². The Morgan fingerprint density at radius 1 is 1.09 bits per heavy atom. The molecular weight excluding hydrogens is 418 g/mol. The molecule has 5 rings (SSSR count). The van der Waals surface area contributed by atoms with Crippen LogP contribution < -0.4 is 20.7 Å². The third-order valence-corrected chi connectivity index (χ3v) is 9.12. The molecule has 0 amide bonds. The molecule has 4 fully saturated rings. The number of nitrogens with one attached hydrogen (secondary N) is 4. The molecule has 3 aliphatic heterocycles. The minimum atomic E-state index is 0.0320. The summed E-state index contributed by atoms with van der Waals surface area (Å²) in [5.74, 6) is 0.799. The van der Waals surface area contributed by atoms with Gasteiger partial charge in [0, 0.05) is 43.4 Å². The molecule has 0 aromatic heterocycles. The number of hydrogen-bond donors (Lipinski definition) is 4. The van der Waals surface area contributed by atoms with Crippen LogP contribution in [0.5, 0.6) is 0 Å². The van der Waals surface area contributed by atoms with Crippen molar-refractivity contribution in [2.75, 3.05) is 26.2 Å². The van der Waals surface area contributed by atoms with Crippen LogP contribution in [0.3, 0.4) is 0 Å². The van der Waals surface area contributed by atoms with Crippen LogP contribution in [-0.2, 0) is 4.74 Å². The highest BCUT2D eigenvalue weighted by Crippen LogP contribution is 2.34. The first-order valence-corrected chi connectivity index (χ1v) is 13.6. The van der Waals surface area contributed by atoms with Gasteiger partial charge in [0.05, 0.1) is 6.10 Å². The van der Waals surface area contributed by atoms with Crippen LogP contribution in [0.2, 0.25) is 0 Å². The van der Waals surface area contributed by atoms with Gasteiger partial charge in [0.15, 0.2) is 0 Å². The van der Waals surface area contributed by atoms with Gasteiger partial charge in [-0.25, -0.2) is 4.72 Å². The maximum Gasteiger partial charge on any atom is 0.123 e. The van der Waals surface area contributed by atoms with Gasteiger partial charge < -0.3 is 10.1 Å². The molecule has 1 aromatic rings. The van der Waals surface area contributed by atoms with E-state index in [1.54, 1.807) is 0 Å². The number of likely N-dealkylation sites (N-methyl/N-ethyl adjacent to an activating group) is 1. The van der Waals surface area contributed by atoms with Crippen molar-refractivity contribution in [1.82, 2.24) is 25.6 Å². The fraction of sp³-hybridized carbons (Fsp3) is 0.760. The summed E-state index contributed by atoms with van der Waals surface area (Å²) in [6.45, 7) is 11.1. The molecule has 0 spiro atoms. The second-order valence-electron chi connectivity index (χ2n) is 10.2. The van der Waals surface area contributed by atoms with E-state index in [4.69, 9.17) is 4.74 Å². The maximum atomic E-state index is 6.83. The quantitative estimate of drug-likeness (QED) is 0.507. The second kappa shape index (κ2) is 10.3. The first-order chi connectivity index (χ1) is 15.6. The molecule has 1 saturated carbocycles. The molecule has 7 atom stereocenters. The Hall–Kier alpha value is -0.670. The van der Waals surface area contributed by atoms with Crippen molar-refractivity contribution in [3.63, 3.8) is 0 Å². The molecule has 4 N–H and O–H groups in total. The zero-order valence-electron chi connectivity index (χ0n) is 19.9. The highest BCUT2D eigenvalue weighted by Gasteiger charge is 2.39. The topological polar surface area (TPSA) is 60.6 Å². The molecule has 5 unspecified atom stereocenters. The van der Waals surface area contributed by atoms with Crippen LogP contribution in [0.4, 0.5) is 0 Å². The molecule has 178 valence electrons. The Morgan fingerprint density at radius 3 is 2.75 bits per heavy atom. The molecule has 7 heteroatoms. The molecule has 1 aromatic carbocycles. The van der Waals surface area contributed by atoms with Crippen LogP contribution in [-0.4, -0.2) is 61.0 Å². The summed E-state index contributed by atoms with van der Waals surface area (Å²) in [5, 5.41) is 11.9. The average molecular weight is 460 g/mol. The van der Waals surface area contributed by atoms with E-state index in [0.717, 1.165) is 32.0 Å². The molecular formula is C25H41N5OS. The average Bonchev–Trinajstić information content (AvgIpc) is 3.23. The van der Waals surface area contributed by atoms with Crippen LogP contribution in [0, 0.1) is 19.8 Å². The summed E-state index contributed by atoms with van der Waals surface area (Å²) >= 11 is 1.94. The minimum absolute atomic E-state index is 0.0320. The van der Waals surface area contributed by atoms with Crippen LogP contribution in [0.1, 0.15) is 61.8 Å². The molecule has 6 nitrogen and oxygen atoms in total. The smallest absolute Gasteiger partial charge is 0.123 e. The summed E-state index contributed by atoms with van der Waals surface area (Å²) in [4.78, 5) is 2.70. The predicted molar refractivity (Wildman–Crippen MR) is 132 cm³/mol. The lowest BCUT2D eigenvalue weighted by atomic mass is 9.88. The predicted octanol–water partition coefficient (Wildman–Crippen LogP) is 3.03. The van der Waals surface area contributed by atoms with Gasteiger partial charge >= 0.3 is 0 Å². The lowest BCUT2D eigenvalue weighted by Gasteiger charge is -2.41. The summed E-state index contributed by atoms with van der Waals surface area (Å²) < 4.78 is 10.6. The molecule has 1 aliphatic carbocycles. The van der Waals surface area contributed by atoms with Gasteiger partial charge in [-0.15, -0.1) is 0 Å². The molecule has 0 radical (unpaired) electrons. The van der Waals surface area contributed by atoms with Gasteiger partial charge in [-0.3, -0.25) is 15.5 Å². The number of fused-ring (bicyclic) bond motifs is 5. The monoisotopic (exact) mass is 459 g/mol. The summed E-state index contributed by atoms with van der Waals surface area (Å²) in [5.41, 5.74) is 4.15. The van der Waals surface area contributed by atoms with E-state index in [1.807, 2.05) is 11.9 Å². The Labute approximate surface area is 198 Å². The number of aryl methyl sites for hydroxylation is 2. The van der Waals surface area contributed by atoms with E-state index in [0.29, 0.717) is 11.3 Å². The van der Waals surface area contributed by atoms with Crippen LogP contribution in [0.25, 0.3) is 0 Å². The van der Waals surface area contributed by atoms with Gasteiger partial charge in [-0.2, -0.15) is 0 Å². The molecule has 4 aliphatic rings. The van der Waals surface area contributed by atoms with E-state index in [9.17, 15) is 0 Å². The second-order valence-corrected chi connectivity index (χ2v) is 11.4. The van der Waals surface area contributed by atoms with Crippen molar-refractivity contribution in [3.05, 3.63) is 34.9 Å². The molecule has 3 saturated heterocycles. The normalized spacial score (nSPS) is 38.9. The number of ether oxygens (including phenoxy) is 1. The fourth-order valence-electron chi connectivity index (χ4n) is 6.39. The van der Waals surface area contributed by atoms with Gasteiger partial charge in [-0.05, 0) is 62.3 Å². The lowest BCUT2D eigenvalue weighted by Crippen LogP contribution is -2.62. The maximum absolute atomic E-state index is 6.83. The van der Waals surface area contributed by atoms with Gasteiger partial charge in [0.25, 0.3) is 0 Å². The van der Waals surface area contributed by atoms with Crippen molar-refractivity contribution in [3.8, 4) is 0 Å². The Balaban J connectivity index is 1.41. The minimum Gasteiger partial charge on any atom is -0.357 e. The standard InChI is InChI=1S/C25H41N5OS/c1-4-30-15-18-9-6-10-19(11-18)32-29-25-27-20(24-16(2)7-5-8-17(24)3)12-23(28-25)31-22-14-26-13-21(22)30/h5,7-8,18-23,25-29H,4,6,9-15H2,1-3H3/t18?,19?,20?,21-,22-,23?,25?/m1/s1. The third kappa shape index (κ3) is 5.04. The number of hydrogen-bond acceptors (Lipinski definition) is 7. The molecule has 4 bridgehead atoms. The van der Waals surface area contributed by atoms with Gasteiger partial charge in [-0.1, -0.05) is 43.5 Å². The fourth-order valence-corrected chi connectivity index (χ4v) is 7.51. The first kappa shape index (κ1) is 23.1. The zero-order valence-corrected chi connectivity index (χ0v) is 20.7. The zero-order chi connectivity index (χ0) is 22.1. The van der Waals surface area contributed by atoms with Gasteiger partial charge in [0.1, 0.15) is 12.5 Å². The molecule has 3 heterocycles. The number of benzene rings is 1.